The van der Waals surface area contributed by atoms with Crippen LogP contribution in [0.3, 0.4) is 0 Å². The Bertz CT molecular complexity index is 1340. The number of nitrogens with zero attached hydrogens (tertiary/aromatic N) is 4. The van der Waals surface area contributed by atoms with Crippen molar-refractivity contribution in [3.05, 3.63) is 77.5 Å². The van der Waals surface area contributed by atoms with Crippen molar-refractivity contribution in [3.8, 4) is 0 Å². The van der Waals surface area contributed by atoms with Gasteiger partial charge in [-0.15, -0.1) is 0 Å². The Morgan fingerprint density at radius 3 is 2.38 bits per heavy atom. The summed E-state index contributed by atoms with van der Waals surface area (Å²) in [6.07, 6.45) is 2.55. The second-order valence-corrected chi connectivity index (χ2v) is 8.95. The number of carbonyl (C=O) groups excluding carboxylic acids is 2. The van der Waals surface area contributed by atoms with Crippen LogP contribution in [0.15, 0.2) is 55.3 Å². The third-order valence-electron chi connectivity index (χ3n) is 5.90. The Balaban J connectivity index is 0.00000216. The molecule has 4 rings (SSSR count). The van der Waals surface area contributed by atoms with Crippen LogP contribution in [0, 0.1) is 11.6 Å². The maximum absolute atomic E-state index is 14.9. The molecule has 1 saturated heterocycles. The van der Waals surface area contributed by atoms with Gasteiger partial charge in [-0.1, -0.05) is 44.2 Å². The summed E-state index contributed by atoms with van der Waals surface area (Å²) in [5.41, 5.74) is 1.45. The van der Waals surface area contributed by atoms with E-state index in [-0.39, 0.29) is 34.2 Å². The van der Waals surface area contributed by atoms with E-state index in [1.807, 2.05) is 19.9 Å². The number of halogens is 3. The molecule has 0 bridgehead atoms. The van der Waals surface area contributed by atoms with Gasteiger partial charge in [-0.25, -0.2) is 13.8 Å². The average molecular weight is 572 g/mol. The van der Waals surface area contributed by atoms with Crippen molar-refractivity contribution in [2.75, 3.05) is 47.0 Å². The number of benzene rings is 2. The van der Waals surface area contributed by atoms with Crippen LogP contribution in [0.4, 0.5) is 37.6 Å². The number of carbonyl (C=O) groups is 2. The molecular formula is C28H32ClF2N7O2. The van der Waals surface area contributed by atoms with E-state index >= 15 is 0 Å². The van der Waals surface area contributed by atoms with Crippen LogP contribution in [0.2, 0.25) is 5.02 Å². The molecule has 1 aliphatic rings. The van der Waals surface area contributed by atoms with E-state index < -0.39 is 11.6 Å². The molecular weight excluding hydrogens is 540 g/mol. The van der Waals surface area contributed by atoms with Gasteiger partial charge in [-0.05, 0) is 35.9 Å². The summed E-state index contributed by atoms with van der Waals surface area (Å²) in [7, 11) is 0. The van der Waals surface area contributed by atoms with Crippen molar-refractivity contribution in [2.24, 2.45) is 0 Å². The third-order valence-corrected chi connectivity index (χ3v) is 6.17. The summed E-state index contributed by atoms with van der Waals surface area (Å²) >= 11 is 6.24. The van der Waals surface area contributed by atoms with E-state index in [2.05, 4.69) is 32.5 Å². The molecule has 9 nitrogen and oxygen atoms in total. The van der Waals surface area contributed by atoms with Crippen LogP contribution in [0.25, 0.3) is 0 Å². The van der Waals surface area contributed by atoms with E-state index in [1.165, 1.54) is 31.3 Å². The zero-order valence-electron chi connectivity index (χ0n) is 22.6. The first-order valence-corrected chi connectivity index (χ1v) is 13.2. The van der Waals surface area contributed by atoms with Gasteiger partial charge in [0.25, 0.3) is 0 Å². The molecule has 0 saturated carbocycles. The van der Waals surface area contributed by atoms with Crippen LogP contribution in [-0.2, 0) is 16.1 Å². The molecule has 2 aromatic carbocycles. The maximum Gasteiger partial charge on any atom is 0.247 e. The van der Waals surface area contributed by atoms with Gasteiger partial charge in [0.1, 0.15) is 10.7 Å². The van der Waals surface area contributed by atoms with Gasteiger partial charge in [-0.3, -0.25) is 9.59 Å². The van der Waals surface area contributed by atoms with Crippen LogP contribution < -0.4 is 20.9 Å². The number of anilines is 5. The zero-order valence-corrected chi connectivity index (χ0v) is 23.4. The Morgan fingerprint density at radius 2 is 1.75 bits per heavy atom. The van der Waals surface area contributed by atoms with Crippen LogP contribution in [0.5, 0.6) is 0 Å². The smallest absolute Gasteiger partial charge is 0.247 e. The highest BCUT2D eigenvalue weighted by Gasteiger charge is 2.24. The van der Waals surface area contributed by atoms with Crippen molar-refractivity contribution in [1.29, 1.82) is 0 Å². The van der Waals surface area contributed by atoms with Gasteiger partial charge >= 0.3 is 0 Å². The van der Waals surface area contributed by atoms with Gasteiger partial charge in [0.15, 0.2) is 17.5 Å². The standard InChI is InChI=1S/C26H26ClF2N7O2.C2H6/c1-3-23(38)32-18-6-4-5-17(11-18)14-30-25-20(27)15-31-26(34-25)33-19-12-21(28)24(22(29)13-19)36-9-7-35(8-10-36)16(2)37;1-2/h3-6,11-13,15H,1,7-10,14H2,2H3,(H,32,38)(H2,30,31,33,34);1-2H3. The van der Waals surface area contributed by atoms with Crippen molar-refractivity contribution in [1.82, 2.24) is 14.9 Å². The minimum atomic E-state index is -0.737. The minimum absolute atomic E-state index is 0.0625. The summed E-state index contributed by atoms with van der Waals surface area (Å²) in [4.78, 5) is 34.7. The molecule has 3 N–H and O–H groups in total. The molecule has 0 spiro atoms. The van der Waals surface area contributed by atoms with Gasteiger partial charge < -0.3 is 25.8 Å². The number of rotatable bonds is 8. The number of piperazine rings is 1. The van der Waals surface area contributed by atoms with E-state index in [4.69, 9.17) is 11.6 Å². The first-order chi connectivity index (χ1) is 19.2. The third kappa shape index (κ3) is 7.89. The first kappa shape index (κ1) is 30.3. The lowest BCUT2D eigenvalue weighted by Crippen LogP contribution is -2.48. The molecule has 2 heterocycles. The summed E-state index contributed by atoms with van der Waals surface area (Å²) in [5.74, 6) is -1.45. The summed E-state index contributed by atoms with van der Waals surface area (Å²) in [5, 5.41) is 8.85. The lowest BCUT2D eigenvalue weighted by atomic mass is 10.2. The number of hydrogen-bond acceptors (Lipinski definition) is 7. The van der Waals surface area contributed by atoms with Gasteiger partial charge in [0, 0.05) is 51.0 Å². The van der Waals surface area contributed by atoms with Crippen LogP contribution in [0.1, 0.15) is 26.3 Å². The molecule has 0 aliphatic carbocycles. The van der Waals surface area contributed by atoms with E-state index in [1.54, 1.807) is 28.0 Å². The molecule has 3 aromatic rings. The fourth-order valence-corrected chi connectivity index (χ4v) is 4.16. The maximum atomic E-state index is 14.9. The Kier molecular flexibility index (Phi) is 10.8. The quantitative estimate of drug-likeness (QED) is 0.303. The second-order valence-electron chi connectivity index (χ2n) is 8.54. The largest absolute Gasteiger partial charge is 0.365 e. The topological polar surface area (TPSA) is 102 Å². The van der Waals surface area contributed by atoms with E-state index in [0.29, 0.717) is 44.2 Å². The molecule has 0 unspecified atom stereocenters. The monoisotopic (exact) mass is 571 g/mol. The Hall–Kier alpha value is -4.25. The number of aromatic nitrogens is 2. The molecule has 12 heteroatoms. The fourth-order valence-electron chi connectivity index (χ4n) is 4.00. The molecule has 0 atom stereocenters. The first-order valence-electron chi connectivity index (χ1n) is 12.8. The number of amides is 2. The van der Waals surface area contributed by atoms with Crippen molar-refractivity contribution >= 4 is 52.2 Å². The Morgan fingerprint density at radius 1 is 1.07 bits per heavy atom. The minimum Gasteiger partial charge on any atom is -0.365 e. The van der Waals surface area contributed by atoms with Gasteiger partial charge in [0.2, 0.25) is 17.8 Å². The fraction of sp³-hybridized carbons (Fsp3) is 0.286. The summed E-state index contributed by atoms with van der Waals surface area (Å²) < 4.78 is 29.9. The zero-order chi connectivity index (χ0) is 29.2. The lowest BCUT2D eigenvalue weighted by Gasteiger charge is -2.35. The molecule has 1 aliphatic heterocycles. The normalized spacial score (nSPS) is 12.7. The lowest BCUT2D eigenvalue weighted by molar-refractivity contribution is -0.129. The highest BCUT2D eigenvalue weighted by molar-refractivity contribution is 6.32. The molecule has 2 amide bonds. The second kappa shape index (κ2) is 14.2. The highest BCUT2D eigenvalue weighted by atomic mass is 35.5. The Labute approximate surface area is 237 Å². The van der Waals surface area contributed by atoms with E-state index in [9.17, 15) is 18.4 Å². The van der Waals surface area contributed by atoms with Crippen LogP contribution >= 0.6 is 11.6 Å². The van der Waals surface area contributed by atoms with Crippen LogP contribution in [-0.4, -0.2) is 52.9 Å². The van der Waals surface area contributed by atoms with Gasteiger partial charge in [0.05, 0.1) is 6.20 Å². The molecule has 40 heavy (non-hydrogen) atoms. The van der Waals surface area contributed by atoms with Crippen molar-refractivity contribution < 1.29 is 18.4 Å². The average Bonchev–Trinajstić information content (AvgIpc) is 2.94. The predicted octanol–water partition coefficient (Wildman–Crippen LogP) is 5.58. The molecule has 0 radical (unpaired) electrons. The van der Waals surface area contributed by atoms with Crippen molar-refractivity contribution in [2.45, 2.75) is 27.3 Å². The van der Waals surface area contributed by atoms with Gasteiger partial charge in [-0.2, -0.15) is 4.98 Å². The number of nitrogens with one attached hydrogen (secondary N) is 3. The highest BCUT2D eigenvalue weighted by Crippen LogP contribution is 2.30. The molecule has 212 valence electrons. The van der Waals surface area contributed by atoms with Crippen molar-refractivity contribution in [3.63, 3.8) is 0 Å². The van der Waals surface area contributed by atoms with E-state index in [0.717, 1.165) is 5.56 Å². The summed E-state index contributed by atoms with van der Waals surface area (Å²) in [6, 6.07) is 9.53. The molecule has 1 fully saturated rings. The predicted molar refractivity (Wildman–Crippen MR) is 155 cm³/mol. The molecule has 1 aromatic heterocycles. The summed E-state index contributed by atoms with van der Waals surface area (Å²) in [6.45, 7) is 10.7. The number of hydrogen-bond donors (Lipinski definition) is 3. The SMILES string of the molecule is C=CC(=O)Nc1cccc(CNc2nc(Nc3cc(F)c(N4CCN(C(C)=O)CC4)c(F)c3)ncc2Cl)c1.CC.